The summed E-state index contributed by atoms with van der Waals surface area (Å²) in [4.78, 5) is 30.0. The van der Waals surface area contributed by atoms with E-state index in [4.69, 9.17) is 4.98 Å². The zero-order valence-electron chi connectivity index (χ0n) is 15.3. The lowest BCUT2D eigenvalue weighted by atomic mass is 9.98. The predicted octanol–water partition coefficient (Wildman–Crippen LogP) is 4.12. The molecule has 2 aliphatic rings. The monoisotopic (exact) mass is 376 g/mol. The molecule has 27 heavy (non-hydrogen) atoms. The molecule has 2 aliphatic heterocycles. The fourth-order valence-electron chi connectivity index (χ4n) is 4.36. The van der Waals surface area contributed by atoms with Gasteiger partial charge in [0.15, 0.2) is 5.82 Å². The zero-order chi connectivity index (χ0) is 18.5. The van der Waals surface area contributed by atoms with Crippen molar-refractivity contribution in [3.05, 3.63) is 63.4 Å². The van der Waals surface area contributed by atoms with Gasteiger partial charge in [0.05, 0.1) is 22.4 Å². The van der Waals surface area contributed by atoms with Gasteiger partial charge < -0.3 is 4.90 Å². The van der Waals surface area contributed by atoms with E-state index >= 15 is 0 Å². The average molecular weight is 376 g/mol. The van der Waals surface area contributed by atoms with Crippen LogP contribution in [-0.2, 0) is 6.42 Å². The lowest BCUT2D eigenvalue weighted by Crippen LogP contribution is -2.42. The lowest BCUT2D eigenvalue weighted by molar-refractivity contribution is 0.0648. The van der Waals surface area contributed by atoms with Crippen molar-refractivity contribution < 1.29 is 4.79 Å². The molecule has 0 radical (unpaired) electrons. The summed E-state index contributed by atoms with van der Waals surface area (Å²) in [6, 6.07) is 10.4. The molecule has 0 aliphatic carbocycles. The van der Waals surface area contributed by atoms with E-state index in [9.17, 15) is 4.79 Å². The fourth-order valence-corrected chi connectivity index (χ4v) is 5.22. The first kappa shape index (κ1) is 16.6. The molecular formula is C21H20N4OS. The van der Waals surface area contributed by atoms with Gasteiger partial charge in [0.25, 0.3) is 5.91 Å². The van der Waals surface area contributed by atoms with Crippen LogP contribution in [0.25, 0.3) is 11.4 Å². The molecule has 2 atom stereocenters. The van der Waals surface area contributed by atoms with Crippen molar-refractivity contribution in [3.63, 3.8) is 0 Å². The number of aromatic nitrogens is 3. The van der Waals surface area contributed by atoms with E-state index in [0.717, 1.165) is 57.5 Å². The second-order valence-electron chi connectivity index (χ2n) is 7.27. The molecule has 0 unspecified atom stereocenters. The Balaban J connectivity index is 1.51. The predicted molar refractivity (Wildman–Crippen MR) is 105 cm³/mol. The number of fused-ring (bicyclic) bond motifs is 4. The van der Waals surface area contributed by atoms with Crippen molar-refractivity contribution in [3.8, 4) is 11.4 Å². The number of carbonyl (C=O) groups excluding carboxylic acids is 1. The molecule has 4 heterocycles. The Morgan fingerprint density at radius 2 is 1.96 bits per heavy atom. The first-order valence-electron chi connectivity index (χ1n) is 9.29. The summed E-state index contributed by atoms with van der Waals surface area (Å²) in [7, 11) is 0. The Morgan fingerprint density at radius 3 is 2.70 bits per heavy atom. The van der Waals surface area contributed by atoms with E-state index in [1.54, 1.807) is 0 Å². The van der Waals surface area contributed by atoms with E-state index in [2.05, 4.69) is 14.9 Å². The summed E-state index contributed by atoms with van der Waals surface area (Å²) in [5.74, 6) is 0.880. The number of aryl methyl sites for hydroxylation is 2. The molecule has 1 fully saturated rings. The van der Waals surface area contributed by atoms with E-state index in [1.165, 1.54) is 11.3 Å². The van der Waals surface area contributed by atoms with Gasteiger partial charge in [-0.05, 0) is 26.7 Å². The third-order valence-electron chi connectivity index (χ3n) is 5.55. The standard InChI is InChI=1S/C21H20N4OS/c1-12-19(27-13(2)23-12)21(26)25-15-8-9-18(25)16-11-22-20(24-17(16)10-15)14-6-4-3-5-7-14/h3-7,11,15,18H,8-10H2,1-2H3/t15-,18+/m0/s1. The van der Waals surface area contributed by atoms with E-state index in [1.807, 2.05) is 50.4 Å². The molecule has 0 spiro atoms. The van der Waals surface area contributed by atoms with E-state index in [-0.39, 0.29) is 18.0 Å². The summed E-state index contributed by atoms with van der Waals surface area (Å²) in [6.45, 7) is 3.87. The van der Waals surface area contributed by atoms with Gasteiger partial charge in [0, 0.05) is 29.8 Å². The first-order valence-corrected chi connectivity index (χ1v) is 10.1. The molecule has 5 rings (SSSR count). The first-order chi connectivity index (χ1) is 13.1. The number of rotatable bonds is 2. The third-order valence-corrected chi connectivity index (χ3v) is 6.62. The summed E-state index contributed by atoms with van der Waals surface area (Å²) in [6.07, 6.45) is 4.73. The van der Waals surface area contributed by atoms with Crippen LogP contribution >= 0.6 is 11.3 Å². The second kappa shape index (κ2) is 6.23. The quantitative estimate of drug-likeness (QED) is 0.675. The minimum Gasteiger partial charge on any atom is -0.327 e. The fraction of sp³-hybridized carbons (Fsp3) is 0.333. The van der Waals surface area contributed by atoms with Crippen molar-refractivity contribution in [1.29, 1.82) is 0 Å². The maximum atomic E-state index is 13.2. The molecular weight excluding hydrogens is 356 g/mol. The molecule has 3 aromatic rings. The van der Waals surface area contributed by atoms with Gasteiger partial charge >= 0.3 is 0 Å². The molecule has 6 heteroatoms. The van der Waals surface area contributed by atoms with Crippen molar-refractivity contribution in [1.82, 2.24) is 19.9 Å². The highest BCUT2D eigenvalue weighted by atomic mass is 32.1. The van der Waals surface area contributed by atoms with Gasteiger partial charge in [0.1, 0.15) is 4.88 Å². The summed E-state index contributed by atoms with van der Waals surface area (Å²) >= 11 is 1.50. The topological polar surface area (TPSA) is 59.0 Å². The van der Waals surface area contributed by atoms with Crippen molar-refractivity contribution in [2.45, 2.75) is 45.2 Å². The van der Waals surface area contributed by atoms with Crippen molar-refractivity contribution in [2.24, 2.45) is 0 Å². The highest BCUT2D eigenvalue weighted by molar-refractivity contribution is 7.13. The molecule has 0 N–H and O–H groups in total. The van der Waals surface area contributed by atoms with Crippen LogP contribution in [0.1, 0.15) is 50.5 Å². The zero-order valence-corrected chi connectivity index (χ0v) is 16.2. The van der Waals surface area contributed by atoms with Crippen molar-refractivity contribution >= 4 is 17.2 Å². The minimum atomic E-state index is 0.0814. The van der Waals surface area contributed by atoms with Gasteiger partial charge in [-0.15, -0.1) is 11.3 Å². The Hall–Kier alpha value is -2.60. The normalized spacial score (nSPS) is 20.6. The summed E-state index contributed by atoms with van der Waals surface area (Å²) < 4.78 is 0. The Labute approximate surface area is 162 Å². The molecule has 136 valence electrons. The summed E-state index contributed by atoms with van der Waals surface area (Å²) in [5, 5.41) is 0.941. The van der Waals surface area contributed by atoms with Gasteiger partial charge in [-0.1, -0.05) is 30.3 Å². The Morgan fingerprint density at radius 1 is 1.15 bits per heavy atom. The number of hydrogen-bond acceptors (Lipinski definition) is 5. The van der Waals surface area contributed by atoms with Crippen LogP contribution < -0.4 is 0 Å². The molecule has 1 saturated heterocycles. The number of hydrogen-bond donors (Lipinski definition) is 0. The van der Waals surface area contributed by atoms with Crippen LogP contribution in [0.5, 0.6) is 0 Å². The molecule has 1 amide bonds. The highest BCUT2D eigenvalue weighted by Gasteiger charge is 2.44. The summed E-state index contributed by atoms with van der Waals surface area (Å²) in [5.41, 5.74) is 4.07. The maximum absolute atomic E-state index is 13.2. The van der Waals surface area contributed by atoms with Crippen LogP contribution in [0.4, 0.5) is 0 Å². The average Bonchev–Trinajstić information content (AvgIpc) is 3.19. The SMILES string of the molecule is Cc1nc(C)c(C(=O)N2[C@H]3CC[C@@H]2c2cnc(-c4ccccc4)nc2C3)s1. The van der Waals surface area contributed by atoms with E-state index < -0.39 is 0 Å². The van der Waals surface area contributed by atoms with Crippen molar-refractivity contribution in [2.75, 3.05) is 0 Å². The van der Waals surface area contributed by atoms with Crippen LogP contribution in [0, 0.1) is 13.8 Å². The minimum absolute atomic E-state index is 0.0814. The van der Waals surface area contributed by atoms with Crippen LogP contribution in [0.2, 0.25) is 0 Å². The van der Waals surface area contributed by atoms with E-state index in [0.29, 0.717) is 0 Å². The third kappa shape index (κ3) is 2.67. The number of thiazole rings is 1. The lowest BCUT2D eigenvalue weighted by Gasteiger charge is -2.35. The van der Waals surface area contributed by atoms with Crippen LogP contribution in [-0.4, -0.2) is 31.8 Å². The smallest absolute Gasteiger partial charge is 0.266 e. The maximum Gasteiger partial charge on any atom is 0.266 e. The van der Waals surface area contributed by atoms with Crippen LogP contribution in [0.3, 0.4) is 0 Å². The second-order valence-corrected chi connectivity index (χ2v) is 8.48. The number of benzene rings is 1. The Bertz CT molecular complexity index is 1030. The molecule has 0 saturated carbocycles. The molecule has 2 aromatic heterocycles. The molecule has 2 bridgehead atoms. The van der Waals surface area contributed by atoms with Gasteiger partial charge in [0.2, 0.25) is 0 Å². The highest BCUT2D eigenvalue weighted by Crippen LogP contribution is 2.44. The number of amides is 1. The Kier molecular flexibility index (Phi) is 3.82. The van der Waals surface area contributed by atoms with Gasteiger partial charge in [-0.3, -0.25) is 4.79 Å². The van der Waals surface area contributed by atoms with Gasteiger partial charge in [-0.25, -0.2) is 15.0 Å². The number of nitrogens with zero attached hydrogens (tertiary/aromatic N) is 4. The van der Waals surface area contributed by atoms with Gasteiger partial charge in [-0.2, -0.15) is 0 Å². The largest absolute Gasteiger partial charge is 0.327 e. The van der Waals surface area contributed by atoms with Crippen LogP contribution in [0.15, 0.2) is 36.5 Å². The molecule has 5 nitrogen and oxygen atoms in total. The molecule has 1 aromatic carbocycles. The number of carbonyl (C=O) groups is 1.